The summed E-state index contributed by atoms with van der Waals surface area (Å²) in [6, 6.07) is 6.81. The Bertz CT molecular complexity index is 540. The van der Waals surface area contributed by atoms with Crippen molar-refractivity contribution in [2.75, 3.05) is 13.2 Å². The molecule has 2 N–H and O–H groups in total. The molecule has 23 heavy (non-hydrogen) atoms. The zero-order valence-corrected chi connectivity index (χ0v) is 13.3. The van der Waals surface area contributed by atoms with Crippen molar-refractivity contribution in [2.24, 2.45) is 0 Å². The number of carboxylic acid groups (broad SMARTS) is 1. The Morgan fingerprint density at radius 1 is 1.35 bits per heavy atom. The van der Waals surface area contributed by atoms with E-state index in [0.29, 0.717) is 25.4 Å². The zero-order valence-electron chi connectivity index (χ0n) is 13.3. The lowest BCUT2D eigenvalue weighted by Gasteiger charge is -2.23. The smallest absolute Gasteiger partial charge is 0.305 e. The highest BCUT2D eigenvalue weighted by Crippen LogP contribution is 2.16. The van der Waals surface area contributed by atoms with Gasteiger partial charge in [-0.25, -0.2) is 0 Å². The first-order valence-corrected chi connectivity index (χ1v) is 7.86. The molecule has 1 aliphatic heterocycles. The van der Waals surface area contributed by atoms with Gasteiger partial charge in [-0.1, -0.05) is 18.2 Å². The summed E-state index contributed by atoms with van der Waals surface area (Å²) in [4.78, 5) is 23.0. The molecule has 6 heteroatoms. The highest BCUT2D eigenvalue weighted by Gasteiger charge is 2.18. The number of carboxylic acids is 1. The molecule has 0 aliphatic carbocycles. The van der Waals surface area contributed by atoms with Crippen LogP contribution >= 0.6 is 0 Å². The average molecular weight is 321 g/mol. The fourth-order valence-electron chi connectivity index (χ4n) is 2.53. The van der Waals surface area contributed by atoms with E-state index in [2.05, 4.69) is 5.32 Å². The number of carbonyl (C=O) groups is 2. The third kappa shape index (κ3) is 5.65. The van der Waals surface area contributed by atoms with Crippen molar-refractivity contribution in [3.63, 3.8) is 0 Å². The number of rotatable bonds is 7. The average Bonchev–Trinajstić information content (AvgIpc) is 2.53. The summed E-state index contributed by atoms with van der Waals surface area (Å²) in [6.45, 7) is 3.45. The van der Waals surface area contributed by atoms with Gasteiger partial charge in [-0.3, -0.25) is 9.59 Å². The van der Waals surface area contributed by atoms with Gasteiger partial charge in [0.2, 0.25) is 0 Å². The quantitative estimate of drug-likeness (QED) is 0.802. The lowest BCUT2D eigenvalue weighted by atomic mass is 10.1. The molecule has 1 fully saturated rings. The van der Waals surface area contributed by atoms with Crippen LogP contribution in [0.15, 0.2) is 24.3 Å². The van der Waals surface area contributed by atoms with E-state index in [-0.39, 0.29) is 18.4 Å². The van der Waals surface area contributed by atoms with E-state index in [9.17, 15) is 9.59 Å². The maximum Gasteiger partial charge on any atom is 0.305 e. The predicted octanol–water partition coefficient (Wildman–Crippen LogP) is 1.98. The van der Waals surface area contributed by atoms with Crippen molar-refractivity contribution in [3.8, 4) is 0 Å². The molecule has 6 nitrogen and oxygen atoms in total. The van der Waals surface area contributed by atoms with Gasteiger partial charge in [-0.05, 0) is 31.4 Å². The van der Waals surface area contributed by atoms with Crippen LogP contribution in [0.25, 0.3) is 0 Å². The van der Waals surface area contributed by atoms with Crippen LogP contribution in [0.4, 0.5) is 0 Å². The van der Waals surface area contributed by atoms with Crippen LogP contribution in [-0.4, -0.2) is 42.3 Å². The summed E-state index contributed by atoms with van der Waals surface area (Å²) < 4.78 is 11.2. The minimum Gasteiger partial charge on any atom is -0.481 e. The number of hydrogen-bond donors (Lipinski definition) is 2. The van der Waals surface area contributed by atoms with Gasteiger partial charge in [-0.15, -0.1) is 0 Å². The Kier molecular flexibility index (Phi) is 6.55. The molecule has 1 aromatic carbocycles. The van der Waals surface area contributed by atoms with Gasteiger partial charge in [0.1, 0.15) is 0 Å². The van der Waals surface area contributed by atoms with Crippen LogP contribution in [0.2, 0.25) is 0 Å². The Morgan fingerprint density at radius 2 is 2.04 bits per heavy atom. The molecule has 1 aliphatic rings. The number of carbonyl (C=O) groups excluding carboxylic acids is 1. The van der Waals surface area contributed by atoms with Gasteiger partial charge >= 0.3 is 5.97 Å². The third-order valence-electron chi connectivity index (χ3n) is 3.76. The van der Waals surface area contributed by atoms with Crippen LogP contribution < -0.4 is 5.32 Å². The van der Waals surface area contributed by atoms with Crippen molar-refractivity contribution in [1.82, 2.24) is 5.32 Å². The summed E-state index contributed by atoms with van der Waals surface area (Å²) in [5, 5.41) is 11.5. The molecule has 126 valence electrons. The number of amides is 1. The maximum absolute atomic E-state index is 12.3. The van der Waals surface area contributed by atoms with E-state index >= 15 is 0 Å². The van der Waals surface area contributed by atoms with Crippen LogP contribution in [0.5, 0.6) is 0 Å². The molecule has 0 bridgehead atoms. The molecule has 0 radical (unpaired) electrons. The minimum atomic E-state index is -0.936. The lowest BCUT2D eigenvalue weighted by molar-refractivity contribution is -0.137. The zero-order chi connectivity index (χ0) is 16.7. The predicted molar refractivity (Wildman–Crippen MR) is 84.3 cm³/mol. The molecule has 2 rings (SSSR count). The van der Waals surface area contributed by atoms with E-state index in [1.165, 1.54) is 0 Å². The van der Waals surface area contributed by atoms with Gasteiger partial charge in [0.25, 0.3) is 5.91 Å². The second-order valence-electron chi connectivity index (χ2n) is 5.75. The summed E-state index contributed by atoms with van der Waals surface area (Å²) >= 11 is 0. The van der Waals surface area contributed by atoms with Crippen molar-refractivity contribution >= 4 is 11.9 Å². The maximum atomic E-state index is 12.3. The SMILES string of the molecule is CC(CC(=O)O)NC(=O)c1ccccc1COC1CCOCC1. The largest absolute Gasteiger partial charge is 0.481 e. The van der Waals surface area contributed by atoms with E-state index < -0.39 is 12.0 Å². The van der Waals surface area contributed by atoms with Gasteiger partial charge in [0.05, 0.1) is 19.1 Å². The highest BCUT2D eigenvalue weighted by molar-refractivity contribution is 5.96. The molecule has 1 unspecified atom stereocenters. The summed E-state index contributed by atoms with van der Waals surface area (Å²) in [7, 11) is 0. The van der Waals surface area contributed by atoms with Crippen LogP contribution in [0.3, 0.4) is 0 Å². The van der Waals surface area contributed by atoms with E-state index in [1.807, 2.05) is 12.1 Å². The fourth-order valence-corrected chi connectivity index (χ4v) is 2.53. The molecule has 1 amide bonds. The number of aliphatic carboxylic acids is 1. The Morgan fingerprint density at radius 3 is 2.74 bits per heavy atom. The molecule has 1 aromatic rings. The van der Waals surface area contributed by atoms with Crippen molar-refractivity contribution < 1.29 is 24.2 Å². The fraction of sp³-hybridized carbons (Fsp3) is 0.529. The second kappa shape index (κ2) is 8.64. The minimum absolute atomic E-state index is 0.105. The molecule has 0 spiro atoms. The Balaban J connectivity index is 1.95. The first-order valence-electron chi connectivity index (χ1n) is 7.86. The first kappa shape index (κ1) is 17.4. The summed E-state index contributed by atoms with van der Waals surface area (Å²) in [5.74, 6) is -1.21. The normalized spacial score (nSPS) is 16.7. The standard InChI is InChI=1S/C17H23NO5/c1-12(10-16(19)20)18-17(21)15-5-3-2-4-13(15)11-23-14-6-8-22-9-7-14/h2-5,12,14H,6-11H2,1H3,(H,18,21)(H,19,20). The van der Waals surface area contributed by atoms with Gasteiger partial charge in [0.15, 0.2) is 0 Å². The van der Waals surface area contributed by atoms with E-state index in [0.717, 1.165) is 18.4 Å². The monoisotopic (exact) mass is 321 g/mol. The summed E-state index contributed by atoms with van der Waals surface area (Å²) in [6.07, 6.45) is 1.78. The number of benzene rings is 1. The van der Waals surface area contributed by atoms with E-state index in [4.69, 9.17) is 14.6 Å². The third-order valence-corrected chi connectivity index (χ3v) is 3.76. The lowest BCUT2D eigenvalue weighted by Crippen LogP contribution is -2.34. The molecule has 1 heterocycles. The van der Waals surface area contributed by atoms with E-state index in [1.54, 1.807) is 19.1 Å². The first-order chi connectivity index (χ1) is 11.1. The van der Waals surface area contributed by atoms with Crippen LogP contribution in [0, 0.1) is 0 Å². The van der Waals surface area contributed by atoms with Crippen LogP contribution in [-0.2, 0) is 20.9 Å². The van der Waals surface area contributed by atoms with Gasteiger partial charge in [-0.2, -0.15) is 0 Å². The molecule has 1 atom stereocenters. The molecule has 0 aromatic heterocycles. The Labute approximate surface area is 135 Å². The Hall–Kier alpha value is -1.92. The van der Waals surface area contributed by atoms with Crippen molar-refractivity contribution in [3.05, 3.63) is 35.4 Å². The van der Waals surface area contributed by atoms with Crippen molar-refractivity contribution in [2.45, 2.75) is 44.9 Å². The van der Waals surface area contributed by atoms with Gasteiger partial charge < -0.3 is 19.9 Å². The number of ether oxygens (including phenoxy) is 2. The number of hydrogen-bond acceptors (Lipinski definition) is 4. The highest BCUT2D eigenvalue weighted by atomic mass is 16.5. The number of nitrogens with one attached hydrogen (secondary N) is 1. The topological polar surface area (TPSA) is 84.9 Å². The molecular weight excluding hydrogens is 298 g/mol. The van der Waals surface area contributed by atoms with Crippen LogP contribution in [0.1, 0.15) is 42.1 Å². The molecule has 0 saturated carbocycles. The second-order valence-corrected chi connectivity index (χ2v) is 5.75. The molecule has 1 saturated heterocycles. The van der Waals surface area contributed by atoms with Crippen molar-refractivity contribution in [1.29, 1.82) is 0 Å². The molecular formula is C17H23NO5. The van der Waals surface area contributed by atoms with Gasteiger partial charge in [0, 0.05) is 24.8 Å². The summed E-state index contributed by atoms with van der Waals surface area (Å²) in [5.41, 5.74) is 1.33.